The molecule has 0 spiro atoms. The van der Waals surface area contributed by atoms with Gasteiger partial charge in [0.05, 0.1) is 0 Å². The molecule has 1 N–H and O–H groups in total. The monoisotopic (exact) mass is 380 g/mol. The third kappa shape index (κ3) is 4.11. The summed E-state index contributed by atoms with van der Waals surface area (Å²) in [6, 6.07) is 14.2. The van der Waals surface area contributed by atoms with Crippen LogP contribution in [0, 0.1) is 5.92 Å². The number of anilines is 1. The summed E-state index contributed by atoms with van der Waals surface area (Å²) in [4.78, 5) is 24.9. The lowest BCUT2D eigenvalue weighted by molar-refractivity contribution is -0.125. The second kappa shape index (κ2) is 8.05. The molecule has 1 aliphatic heterocycles. The molecule has 0 radical (unpaired) electrons. The van der Waals surface area contributed by atoms with Gasteiger partial charge in [0, 0.05) is 31.7 Å². The summed E-state index contributed by atoms with van der Waals surface area (Å²) in [5.41, 5.74) is 2.21. The van der Waals surface area contributed by atoms with E-state index in [-0.39, 0.29) is 11.8 Å². The van der Waals surface area contributed by atoms with Gasteiger partial charge < -0.3 is 10.2 Å². The van der Waals surface area contributed by atoms with Crippen LogP contribution in [-0.2, 0) is 4.79 Å². The van der Waals surface area contributed by atoms with Gasteiger partial charge in [0.1, 0.15) is 10.3 Å². The number of carbonyl (C=O) groups is 1. The maximum atomic E-state index is 12.6. The lowest BCUT2D eigenvalue weighted by atomic mass is 9.95. The van der Waals surface area contributed by atoms with E-state index in [4.69, 9.17) is 0 Å². The molecule has 1 amide bonds. The maximum Gasteiger partial charge on any atom is 0.223 e. The molecular formula is C21H24N4OS. The van der Waals surface area contributed by atoms with Crippen LogP contribution >= 0.6 is 11.3 Å². The van der Waals surface area contributed by atoms with Gasteiger partial charge in [-0.2, -0.15) is 0 Å². The fourth-order valence-electron chi connectivity index (χ4n) is 3.52. The smallest absolute Gasteiger partial charge is 0.223 e. The van der Waals surface area contributed by atoms with E-state index in [1.807, 2.05) is 30.3 Å². The predicted molar refractivity (Wildman–Crippen MR) is 110 cm³/mol. The molecule has 0 unspecified atom stereocenters. The van der Waals surface area contributed by atoms with Gasteiger partial charge >= 0.3 is 0 Å². The highest BCUT2D eigenvalue weighted by Gasteiger charge is 2.26. The molecule has 2 aromatic heterocycles. The van der Waals surface area contributed by atoms with E-state index >= 15 is 0 Å². The number of carbonyl (C=O) groups excluding carboxylic acids is 1. The number of thiazole rings is 1. The number of nitrogens with zero attached hydrogens (tertiary/aromatic N) is 3. The Morgan fingerprint density at radius 2 is 2.00 bits per heavy atom. The van der Waals surface area contributed by atoms with E-state index < -0.39 is 0 Å². The van der Waals surface area contributed by atoms with E-state index in [9.17, 15) is 4.79 Å². The van der Waals surface area contributed by atoms with Crippen LogP contribution in [0.25, 0.3) is 10.3 Å². The number of aromatic nitrogens is 2. The van der Waals surface area contributed by atoms with Crippen molar-refractivity contribution < 1.29 is 4.79 Å². The van der Waals surface area contributed by atoms with Crippen molar-refractivity contribution in [2.24, 2.45) is 5.92 Å². The summed E-state index contributed by atoms with van der Waals surface area (Å²) in [5, 5.41) is 4.16. The SMILES string of the molecule is C[C@H](CNC(=O)C1CCN(c2nc3cccnc3s2)CC1)c1ccccc1. The highest BCUT2D eigenvalue weighted by atomic mass is 32.1. The van der Waals surface area contributed by atoms with Crippen LogP contribution in [0.2, 0.25) is 0 Å². The normalized spacial score (nSPS) is 16.4. The minimum atomic E-state index is 0.0942. The number of rotatable bonds is 5. The highest BCUT2D eigenvalue weighted by molar-refractivity contribution is 7.21. The van der Waals surface area contributed by atoms with Crippen LogP contribution in [0.1, 0.15) is 31.2 Å². The Labute approximate surface area is 163 Å². The number of nitrogens with one attached hydrogen (secondary N) is 1. The number of pyridine rings is 1. The van der Waals surface area contributed by atoms with Gasteiger partial charge in [-0.05, 0) is 36.5 Å². The number of hydrogen-bond acceptors (Lipinski definition) is 5. The van der Waals surface area contributed by atoms with Gasteiger partial charge in [0.15, 0.2) is 5.13 Å². The Kier molecular flexibility index (Phi) is 5.34. The summed E-state index contributed by atoms with van der Waals surface area (Å²) in [5.74, 6) is 0.602. The molecule has 1 saturated heterocycles. The zero-order chi connectivity index (χ0) is 18.6. The first kappa shape index (κ1) is 17.9. The highest BCUT2D eigenvalue weighted by Crippen LogP contribution is 2.30. The third-order valence-corrected chi connectivity index (χ3v) is 6.28. The minimum Gasteiger partial charge on any atom is -0.355 e. The molecule has 0 bridgehead atoms. The predicted octanol–water partition coefficient (Wildman–Crippen LogP) is 3.83. The molecule has 3 heterocycles. The number of hydrogen-bond donors (Lipinski definition) is 1. The molecule has 140 valence electrons. The van der Waals surface area contributed by atoms with Gasteiger partial charge in [-0.15, -0.1) is 0 Å². The average Bonchev–Trinajstić information content (AvgIpc) is 3.17. The first-order valence-corrected chi connectivity index (χ1v) is 10.3. The number of fused-ring (bicyclic) bond motifs is 1. The Balaban J connectivity index is 1.29. The van der Waals surface area contributed by atoms with E-state index in [1.54, 1.807) is 17.5 Å². The van der Waals surface area contributed by atoms with E-state index in [2.05, 4.69) is 39.2 Å². The van der Waals surface area contributed by atoms with E-state index in [1.165, 1.54) is 5.56 Å². The molecule has 1 fully saturated rings. The largest absolute Gasteiger partial charge is 0.355 e. The van der Waals surface area contributed by atoms with Crippen molar-refractivity contribution in [3.05, 3.63) is 54.2 Å². The molecule has 4 rings (SSSR count). The summed E-state index contributed by atoms with van der Waals surface area (Å²) in [7, 11) is 0. The summed E-state index contributed by atoms with van der Waals surface area (Å²) < 4.78 is 0. The van der Waals surface area contributed by atoms with Crippen molar-refractivity contribution in [1.29, 1.82) is 0 Å². The topological polar surface area (TPSA) is 58.1 Å². The van der Waals surface area contributed by atoms with Crippen molar-refractivity contribution in [3.8, 4) is 0 Å². The van der Waals surface area contributed by atoms with Gasteiger partial charge in [0.25, 0.3) is 0 Å². The third-order valence-electron chi connectivity index (χ3n) is 5.24. The number of amides is 1. The van der Waals surface area contributed by atoms with Crippen LogP contribution in [0.3, 0.4) is 0 Å². The van der Waals surface area contributed by atoms with Crippen LogP contribution < -0.4 is 10.2 Å². The minimum absolute atomic E-state index is 0.0942. The fraction of sp³-hybridized carbons (Fsp3) is 0.381. The second-order valence-electron chi connectivity index (χ2n) is 7.14. The van der Waals surface area contributed by atoms with Gasteiger partial charge in [-0.1, -0.05) is 48.6 Å². The van der Waals surface area contributed by atoms with Crippen molar-refractivity contribution >= 4 is 32.7 Å². The molecule has 27 heavy (non-hydrogen) atoms. The van der Waals surface area contributed by atoms with Crippen LogP contribution in [0.15, 0.2) is 48.7 Å². The molecule has 1 aromatic carbocycles. The summed E-state index contributed by atoms with van der Waals surface area (Å²) >= 11 is 1.63. The second-order valence-corrected chi connectivity index (χ2v) is 8.10. The van der Waals surface area contributed by atoms with Gasteiger partial charge in [-0.25, -0.2) is 9.97 Å². The molecular weight excluding hydrogens is 356 g/mol. The first-order chi connectivity index (χ1) is 13.2. The Morgan fingerprint density at radius 1 is 1.22 bits per heavy atom. The molecule has 3 aromatic rings. The standard InChI is InChI=1S/C21H24N4OS/c1-15(16-6-3-2-4-7-16)14-23-19(26)17-9-12-25(13-10-17)21-24-18-8-5-11-22-20(18)27-21/h2-8,11,15,17H,9-10,12-14H2,1H3,(H,23,26)/t15-/m1/s1. The van der Waals surface area contributed by atoms with Crippen molar-refractivity contribution in [1.82, 2.24) is 15.3 Å². The zero-order valence-electron chi connectivity index (χ0n) is 15.5. The van der Waals surface area contributed by atoms with E-state index in [0.29, 0.717) is 12.5 Å². The van der Waals surface area contributed by atoms with Gasteiger partial charge in [-0.3, -0.25) is 4.79 Å². The quantitative estimate of drug-likeness (QED) is 0.731. The fourth-order valence-corrected chi connectivity index (χ4v) is 4.48. The first-order valence-electron chi connectivity index (χ1n) is 9.50. The Bertz CT molecular complexity index is 870. The van der Waals surface area contributed by atoms with Crippen LogP contribution in [0.5, 0.6) is 0 Å². The van der Waals surface area contributed by atoms with Gasteiger partial charge in [0.2, 0.25) is 5.91 Å². The molecule has 5 nitrogen and oxygen atoms in total. The average molecular weight is 381 g/mol. The van der Waals surface area contributed by atoms with Crippen LogP contribution in [0.4, 0.5) is 5.13 Å². The molecule has 0 aliphatic carbocycles. The number of benzene rings is 1. The molecule has 1 aliphatic rings. The van der Waals surface area contributed by atoms with Crippen molar-refractivity contribution in [2.75, 3.05) is 24.5 Å². The maximum absolute atomic E-state index is 12.6. The molecule has 0 saturated carbocycles. The lowest BCUT2D eigenvalue weighted by Crippen LogP contribution is -2.41. The Hall–Kier alpha value is -2.47. The summed E-state index contributed by atoms with van der Waals surface area (Å²) in [6.07, 6.45) is 3.54. The van der Waals surface area contributed by atoms with Crippen molar-refractivity contribution in [3.63, 3.8) is 0 Å². The summed E-state index contributed by atoms with van der Waals surface area (Å²) in [6.45, 7) is 4.57. The van der Waals surface area contributed by atoms with Crippen molar-refractivity contribution in [2.45, 2.75) is 25.7 Å². The van der Waals surface area contributed by atoms with E-state index in [0.717, 1.165) is 41.4 Å². The van der Waals surface area contributed by atoms with Crippen LogP contribution in [-0.4, -0.2) is 35.5 Å². The molecule has 6 heteroatoms. The molecule has 1 atom stereocenters. The lowest BCUT2D eigenvalue weighted by Gasteiger charge is -2.31. The zero-order valence-corrected chi connectivity index (χ0v) is 16.3. The Morgan fingerprint density at radius 3 is 2.74 bits per heavy atom. The number of piperidine rings is 1.